The minimum Gasteiger partial charge on any atom is -0.497 e. The predicted octanol–water partition coefficient (Wildman–Crippen LogP) is 4.95. The number of hydrogen-bond donors (Lipinski definition) is 0. The summed E-state index contributed by atoms with van der Waals surface area (Å²) in [6, 6.07) is 23.8. The molecule has 0 bridgehead atoms. The number of hydrogen-bond acceptors (Lipinski definition) is 4. The van der Waals surface area contributed by atoms with Crippen LogP contribution in [0, 0.1) is 6.92 Å². The molecule has 0 spiro atoms. The largest absolute Gasteiger partial charge is 0.497 e. The highest BCUT2D eigenvalue weighted by atomic mass is 16.5. The number of para-hydroxylation sites is 2. The van der Waals surface area contributed by atoms with E-state index in [-0.39, 0.29) is 11.8 Å². The molecule has 33 heavy (non-hydrogen) atoms. The molecule has 168 valence electrons. The monoisotopic (exact) mass is 441 g/mol. The van der Waals surface area contributed by atoms with E-state index in [0.29, 0.717) is 26.1 Å². The van der Waals surface area contributed by atoms with Gasteiger partial charge in [-0.3, -0.25) is 4.79 Å². The zero-order valence-corrected chi connectivity index (χ0v) is 18.9. The van der Waals surface area contributed by atoms with Crippen molar-refractivity contribution in [2.75, 3.05) is 25.2 Å². The maximum Gasteiger partial charge on any atom is 0.227 e. The van der Waals surface area contributed by atoms with Crippen LogP contribution in [0.2, 0.25) is 0 Å². The Morgan fingerprint density at radius 2 is 1.82 bits per heavy atom. The molecule has 5 rings (SSSR count). The lowest BCUT2D eigenvalue weighted by atomic mass is 10.1. The minimum absolute atomic E-state index is 0.00932. The zero-order chi connectivity index (χ0) is 22.8. The molecule has 1 aliphatic rings. The van der Waals surface area contributed by atoms with Crippen LogP contribution in [-0.2, 0) is 11.3 Å². The van der Waals surface area contributed by atoms with Gasteiger partial charge in [0.2, 0.25) is 5.91 Å². The van der Waals surface area contributed by atoms with Crippen LogP contribution in [0.25, 0.3) is 11.0 Å². The van der Waals surface area contributed by atoms with Crippen LogP contribution in [0.15, 0.2) is 72.8 Å². The Morgan fingerprint density at radius 3 is 2.67 bits per heavy atom. The van der Waals surface area contributed by atoms with Gasteiger partial charge in [0.05, 0.1) is 24.7 Å². The van der Waals surface area contributed by atoms with E-state index in [1.807, 2.05) is 65.6 Å². The average molecular weight is 442 g/mol. The number of aromatic nitrogens is 2. The van der Waals surface area contributed by atoms with Crippen molar-refractivity contribution in [3.63, 3.8) is 0 Å². The summed E-state index contributed by atoms with van der Waals surface area (Å²) in [7, 11) is 1.63. The van der Waals surface area contributed by atoms with E-state index in [1.54, 1.807) is 7.11 Å². The third kappa shape index (κ3) is 4.29. The lowest BCUT2D eigenvalue weighted by Gasteiger charge is -2.18. The van der Waals surface area contributed by atoms with Crippen LogP contribution < -0.4 is 14.4 Å². The number of imidazole rings is 1. The highest BCUT2D eigenvalue weighted by Gasteiger charge is 2.35. The summed E-state index contributed by atoms with van der Waals surface area (Å²) in [6.07, 6.45) is 0.430. The third-order valence-electron chi connectivity index (χ3n) is 6.11. The molecule has 0 unspecified atom stereocenters. The number of ether oxygens (including phenoxy) is 2. The van der Waals surface area contributed by atoms with Gasteiger partial charge in [-0.2, -0.15) is 0 Å². The molecular formula is C27H27N3O3. The zero-order valence-electron chi connectivity index (χ0n) is 18.9. The molecule has 0 N–H and O–H groups in total. The summed E-state index contributed by atoms with van der Waals surface area (Å²) < 4.78 is 13.6. The standard InChI is InChI=1S/C27H27N3O3/c1-19-7-5-10-23(15-19)33-14-13-29-25-12-4-3-11-24(25)28-27(29)20-16-26(31)30(18-20)21-8-6-9-22(17-21)32-2/h3-12,15,17,20H,13-14,16,18H2,1-2H3/t20-/m0/s1. The SMILES string of the molecule is COc1cccc(N2C[C@@H](c3nc4ccccc4n3CCOc3cccc(C)c3)CC2=O)c1. The molecule has 0 saturated carbocycles. The highest BCUT2D eigenvalue weighted by molar-refractivity contribution is 5.96. The number of benzene rings is 3. The number of methoxy groups -OCH3 is 1. The molecule has 6 heteroatoms. The van der Waals surface area contributed by atoms with Gasteiger partial charge in [-0.15, -0.1) is 0 Å². The molecule has 1 fully saturated rings. The van der Waals surface area contributed by atoms with Gasteiger partial charge in [-0.05, 0) is 48.9 Å². The number of fused-ring (bicyclic) bond motifs is 1. The molecule has 1 aliphatic heterocycles. The van der Waals surface area contributed by atoms with Crippen molar-refractivity contribution >= 4 is 22.6 Å². The summed E-state index contributed by atoms with van der Waals surface area (Å²) in [5.41, 5.74) is 4.03. The van der Waals surface area contributed by atoms with Crippen LogP contribution in [0.5, 0.6) is 11.5 Å². The van der Waals surface area contributed by atoms with E-state index in [1.165, 1.54) is 5.56 Å². The number of rotatable bonds is 7. The Balaban J connectivity index is 1.40. The fourth-order valence-electron chi connectivity index (χ4n) is 4.51. The third-order valence-corrected chi connectivity index (χ3v) is 6.11. The highest BCUT2D eigenvalue weighted by Crippen LogP contribution is 2.34. The summed E-state index contributed by atoms with van der Waals surface area (Å²) in [4.78, 5) is 19.7. The number of carbonyl (C=O) groups is 1. The lowest BCUT2D eigenvalue weighted by Crippen LogP contribution is -2.24. The molecule has 1 saturated heterocycles. The minimum atomic E-state index is 0.00932. The van der Waals surface area contributed by atoms with Gasteiger partial charge >= 0.3 is 0 Å². The predicted molar refractivity (Wildman–Crippen MR) is 129 cm³/mol. The van der Waals surface area contributed by atoms with E-state index in [9.17, 15) is 4.79 Å². The number of anilines is 1. The van der Waals surface area contributed by atoms with Gasteiger partial charge in [0.15, 0.2) is 0 Å². The fraction of sp³-hybridized carbons (Fsp3) is 0.259. The first-order valence-electron chi connectivity index (χ1n) is 11.2. The van der Waals surface area contributed by atoms with E-state index < -0.39 is 0 Å². The Kier molecular flexibility index (Phi) is 5.73. The van der Waals surface area contributed by atoms with E-state index in [4.69, 9.17) is 14.5 Å². The van der Waals surface area contributed by atoms with Crippen molar-refractivity contribution in [1.29, 1.82) is 0 Å². The molecule has 1 aromatic heterocycles. The summed E-state index contributed by atoms with van der Waals surface area (Å²) in [5.74, 6) is 2.64. The summed E-state index contributed by atoms with van der Waals surface area (Å²) in [5, 5.41) is 0. The molecule has 3 aromatic carbocycles. The first-order chi connectivity index (χ1) is 16.1. The number of aryl methyl sites for hydroxylation is 1. The van der Waals surface area contributed by atoms with Crippen molar-refractivity contribution in [3.05, 3.63) is 84.2 Å². The molecule has 0 aliphatic carbocycles. The van der Waals surface area contributed by atoms with Crippen molar-refractivity contribution in [2.45, 2.75) is 25.8 Å². The van der Waals surface area contributed by atoms with Crippen molar-refractivity contribution in [1.82, 2.24) is 9.55 Å². The maximum absolute atomic E-state index is 12.9. The van der Waals surface area contributed by atoms with Crippen LogP contribution in [0.3, 0.4) is 0 Å². The Labute approximate surface area is 193 Å². The van der Waals surface area contributed by atoms with Crippen molar-refractivity contribution in [2.24, 2.45) is 0 Å². The number of amides is 1. The summed E-state index contributed by atoms with van der Waals surface area (Å²) in [6.45, 7) is 3.83. The summed E-state index contributed by atoms with van der Waals surface area (Å²) >= 11 is 0. The van der Waals surface area contributed by atoms with Crippen molar-refractivity contribution in [3.8, 4) is 11.5 Å². The van der Waals surface area contributed by atoms with E-state index >= 15 is 0 Å². The van der Waals surface area contributed by atoms with Gasteiger partial charge in [0, 0.05) is 30.6 Å². The van der Waals surface area contributed by atoms with Crippen LogP contribution in [0.4, 0.5) is 5.69 Å². The average Bonchev–Trinajstić information content (AvgIpc) is 3.40. The quantitative estimate of drug-likeness (QED) is 0.407. The van der Waals surface area contributed by atoms with Crippen LogP contribution >= 0.6 is 0 Å². The second kappa shape index (κ2) is 8.98. The number of carbonyl (C=O) groups excluding carboxylic acids is 1. The normalized spacial score (nSPS) is 15.9. The number of nitrogens with zero attached hydrogens (tertiary/aromatic N) is 3. The first-order valence-corrected chi connectivity index (χ1v) is 11.2. The van der Waals surface area contributed by atoms with Gasteiger partial charge < -0.3 is 18.9 Å². The maximum atomic E-state index is 12.9. The van der Waals surface area contributed by atoms with Crippen LogP contribution in [0.1, 0.15) is 23.7 Å². The Morgan fingerprint density at radius 1 is 1.00 bits per heavy atom. The Bertz CT molecular complexity index is 1300. The molecule has 4 aromatic rings. The molecule has 1 atom stereocenters. The topological polar surface area (TPSA) is 56.6 Å². The first kappa shape index (κ1) is 21.1. The van der Waals surface area contributed by atoms with Gasteiger partial charge in [0.25, 0.3) is 0 Å². The lowest BCUT2D eigenvalue weighted by molar-refractivity contribution is -0.117. The Hall–Kier alpha value is -3.80. The van der Waals surface area contributed by atoms with E-state index in [2.05, 4.69) is 23.6 Å². The smallest absolute Gasteiger partial charge is 0.227 e. The second-order valence-electron chi connectivity index (χ2n) is 8.38. The fourth-order valence-corrected chi connectivity index (χ4v) is 4.51. The molecule has 0 radical (unpaired) electrons. The van der Waals surface area contributed by atoms with Crippen LogP contribution in [-0.4, -0.2) is 35.7 Å². The van der Waals surface area contributed by atoms with Crippen molar-refractivity contribution < 1.29 is 14.3 Å². The molecule has 1 amide bonds. The van der Waals surface area contributed by atoms with E-state index in [0.717, 1.165) is 34.0 Å². The molecule has 6 nitrogen and oxygen atoms in total. The van der Waals surface area contributed by atoms with Gasteiger partial charge in [-0.25, -0.2) is 4.98 Å². The second-order valence-corrected chi connectivity index (χ2v) is 8.38. The van der Waals surface area contributed by atoms with Gasteiger partial charge in [-0.1, -0.05) is 30.3 Å². The molecule has 2 heterocycles. The molecular weight excluding hydrogens is 414 g/mol. The van der Waals surface area contributed by atoms with Gasteiger partial charge in [0.1, 0.15) is 23.9 Å².